The van der Waals surface area contributed by atoms with E-state index in [2.05, 4.69) is 0 Å². The predicted molar refractivity (Wildman–Crippen MR) is 66.8 cm³/mol. The van der Waals surface area contributed by atoms with Crippen LogP contribution < -0.4 is 10.5 Å². The van der Waals surface area contributed by atoms with Gasteiger partial charge in [-0.1, -0.05) is 0 Å². The molecular formula is C12H16FNO3S. The Hall–Kier alpha value is -1.14. The molecule has 0 aromatic heterocycles. The Bertz CT molecular complexity index is 530. The minimum absolute atomic E-state index is 0.00966. The molecule has 0 radical (unpaired) electrons. The minimum Gasteiger partial charge on any atom is -0.489 e. The first-order valence-electron chi connectivity index (χ1n) is 5.85. The van der Waals surface area contributed by atoms with Crippen molar-refractivity contribution in [2.75, 3.05) is 18.1 Å². The lowest BCUT2D eigenvalue weighted by molar-refractivity contribution is 0.228. The van der Waals surface area contributed by atoms with Crippen LogP contribution in [0.25, 0.3) is 0 Å². The molecule has 1 aliphatic rings. The third-order valence-electron chi connectivity index (χ3n) is 2.86. The van der Waals surface area contributed by atoms with Gasteiger partial charge in [0.25, 0.3) is 0 Å². The van der Waals surface area contributed by atoms with Crippen LogP contribution in [-0.2, 0) is 16.3 Å². The molecule has 4 nitrogen and oxygen atoms in total. The fourth-order valence-corrected chi connectivity index (χ4v) is 3.64. The highest BCUT2D eigenvalue weighted by Crippen LogP contribution is 2.22. The maximum atomic E-state index is 13.3. The second-order valence-electron chi connectivity index (χ2n) is 4.48. The fraction of sp³-hybridized carbons (Fsp3) is 0.500. The average molecular weight is 273 g/mol. The summed E-state index contributed by atoms with van der Waals surface area (Å²) in [6.07, 6.45) is 0.657. The molecule has 1 aliphatic heterocycles. The van der Waals surface area contributed by atoms with Crippen molar-refractivity contribution in [3.63, 3.8) is 0 Å². The van der Waals surface area contributed by atoms with Gasteiger partial charge >= 0.3 is 0 Å². The predicted octanol–water partition coefficient (Wildman–Crippen LogP) is 0.893. The van der Waals surface area contributed by atoms with E-state index in [1.54, 1.807) is 6.07 Å². The van der Waals surface area contributed by atoms with Gasteiger partial charge in [-0.05, 0) is 37.1 Å². The Kier molecular flexibility index (Phi) is 3.87. The smallest absolute Gasteiger partial charge is 0.154 e. The molecule has 1 saturated heterocycles. The van der Waals surface area contributed by atoms with Gasteiger partial charge in [0.1, 0.15) is 17.7 Å². The molecule has 1 atom stereocenters. The van der Waals surface area contributed by atoms with Gasteiger partial charge in [0.05, 0.1) is 11.5 Å². The molecule has 1 aromatic rings. The van der Waals surface area contributed by atoms with Gasteiger partial charge in [-0.3, -0.25) is 0 Å². The van der Waals surface area contributed by atoms with E-state index in [-0.39, 0.29) is 17.6 Å². The maximum Gasteiger partial charge on any atom is 0.154 e. The molecule has 0 spiro atoms. The number of hydrogen-bond donors (Lipinski definition) is 1. The van der Waals surface area contributed by atoms with Crippen LogP contribution >= 0.6 is 0 Å². The van der Waals surface area contributed by atoms with Crippen LogP contribution in [0.2, 0.25) is 0 Å². The second kappa shape index (κ2) is 5.24. The average Bonchev–Trinajstić information content (AvgIpc) is 2.57. The molecule has 0 bridgehead atoms. The van der Waals surface area contributed by atoms with E-state index in [1.807, 2.05) is 0 Å². The second-order valence-corrected chi connectivity index (χ2v) is 6.71. The number of rotatable bonds is 4. The zero-order chi connectivity index (χ0) is 13.2. The van der Waals surface area contributed by atoms with E-state index in [1.165, 1.54) is 12.1 Å². The van der Waals surface area contributed by atoms with Crippen molar-refractivity contribution < 1.29 is 17.5 Å². The number of ether oxygens (including phenoxy) is 1. The number of hydrogen-bond acceptors (Lipinski definition) is 4. The third kappa shape index (κ3) is 3.43. The molecule has 1 heterocycles. The van der Waals surface area contributed by atoms with Crippen molar-refractivity contribution in [1.82, 2.24) is 0 Å². The molecule has 0 aliphatic carbocycles. The summed E-state index contributed by atoms with van der Waals surface area (Å²) in [6.45, 7) is 0.431. The van der Waals surface area contributed by atoms with E-state index in [0.717, 1.165) is 5.56 Å². The van der Waals surface area contributed by atoms with Crippen LogP contribution in [0, 0.1) is 5.82 Å². The first-order chi connectivity index (χ1) is 8.48. The highest BCUT2D eigenvalue weighted by molar-refractivity contribution is 7.91. The van der Waals surface area contributed by atoms with Gasteiger partial charge in [0, 0.05) is 6.07 Å². The Labute approximate surface area is 106 Å². The lowest BCUT2D eigenvalue weighted by Gasteiger charge is -2.13. The summed E-state index contributed by atoms with van der Waals surface area (Å²) in [7, 11) is -2.98. The number of sulfone groups is 1. The fourth-order valence-electron chi connectivity index (χ4n) is 2.05. The van der Waals surface area contributed by atoms with E-state index < -0.39 is 15.7 Å². The SMILES string of the molecule is NCCc1cc(F)cc(OC2CCS(=O)(=O)C2)c1. The van der Waals surface area contributed by atoms with E-state index in [0.29, 0.717) is 25.1 Å². The normalized spacial score (nSPS) is 22.0. The molecule has 1 unspecified atom stereocenters. The van der Waals surface area contributed by atoms with E-state index in [4.69, 9.17) is 10.5 Å². The molecular weight excluding hydrogens is 257 g/mol. The summed E-state index contributed by atoms with van der Waals surface area (Å²) < 4.78 is 41.5. The molecule has 100 valence electrons. The van der Waals surface area contributed by atoms with Crippen molar-refractivity contribution in [2.45, 2.75) is 18.9 Å². The molecule has 18 heavy (non-hydrogen) atoms. The first kappa shape index (κ1) is 13.3. The standard InChI is InChI=1S/C12H16FNO3S/c13-10-5-9(1-3-14)6-12(7-10)17-11-2-4-18(15,16)8-11/h5-7,11H,1-4,8,14H2. The van der Waals surface area contributed by atoms with Gasteiger partial charge in [0.15, 0.2) is 9.84 Å². The monoisotopic (exact) mass is 273 g/mol. The molecule has 1 fully saturated rings. The molecule has 6 heteroatoms. The zero-order valence-electron chi connectivity index (χ0n) is 9.93. The maximum absolute atomic E-state index is 13.3. The van der Waals surface area contributed by atoms with Gasteiger partial charge in [-0.15, -0.1) is 0 Å². The van der Waals surface area contributed by atoms with Crippen LogP contribution in [0.5, 0.6) is 5.75 Å². The molecule has 0 amide bonds. The van der Waals surface area contributed by atoms with Gasteiger partial charge < -0.3 is 10.5 Å². The largest absolute Gasteiger partial charge is 0.489 e. The van der Waals surface area contributed by atoms with Crippen LogP contribution in [0.15, 0.2) is 18.2 Å². The Morgan fingerprint density at radius 3 is 2.78 bits per heavy atom. The van der Waals surface area contributed by atoms with Crippen molar-refractivity contribution in [3.8, 4) is 5.75 Å². The van der Waals surface area contributed by atoms with Crippen LogP contribution in [0.4, 0.5) is 4.39 Å². The third-order valence-corrected chi connectivity index (χ3v) is 4.59. The van der Waals surface area contributed by atoms with Crippen LogP contribution in [-0.4, -0.2) is 32.6 Å². The summed E-state index contributed by atoms with van der Waals surface area (Å²) in [5.74, 6) is 0.135. The van der Waals surface area contributed by atoms with E-state index >= 15 is 0 Å². The van der Waals surface area contributed by atoms with Crippen LogP contribution in [0.1, 0.15) is 12.0 Å². The number of nitrogens with two attached hydrogens (primary N) is 1. The summed E-state index contributed by atoms with van der Waals surface area (Å²) in [6, 6.07) is 4.39. The topological polar surface area (TPSA) is 69.4 Å². The summed E-state index contributed by atoms with van der Waals surface area (Å²) in [5.41, 5.74) is 6.18. The Morgan fingerprint density at radius 2 is 2.17 bits per heavy atom. The van der Waals surface area contributed by atoms with Gasteiger partial charge in [0.2, 0.25) is 0 Å². The number of halogens is 1. The van der Waals surface area contributed by atoms with E-state index in [9.17, 15) is 12.8 Å². The Balaban J connectivity index is 2.09. The lowest BCUT2D eigenvalue weighted by atomic mass is 10.1. The van der Waals surface area contributed by atoms with Crippen molar-refractivity contribution in [2.24, 2.45) is 5.73 Å². The van der Waals surface area contributed by atoms with Crippen LogP contribution in [0.3, 0.4) is 0 Å². The molecule has 1 aromatic carbocycles. The lowest BCUT2D eigenvalue weighted by Crippen LogP contribution is -2.18. The van der Waals surface area contributed by atoms with Crippen molar-refractivity contribution >= 4 is 9.84 Å². The minimum atomic E-state index is -2.98. The van der Waals surface area contributed by atoms with Crippen molar-refractivity contribution in [3.05, 3.63) is 29.6 Å². The Morgan fingerprint density at radius 1 is 1.39 bits per heavy atom. The van der Waals surface area contributed by atoms with Gasteiger partial charge in [-0.2, -0.15) is 0 Å². The molecule has 2 N–H and O–H groups in total. The van der Waals surface area contributed by atoms with Gasteiger partial charge in [-0.25, -0.2) is 12.8 Å². The quantitative estimate of drug-likeness (QED) is 0.884. The first-order valence-corrected chi connectivity index (χ1v) is 7.67. The molecule has 2 rings (SSSR count). The molecule has 0 saturated carbocycles. The van der Waals surface area contributed by atoms with Crippen molar-refractivity contribution in [1.29, 1.82) is 0 Å². The number of benzene rings is 1. The highest BCUT2D eigenvalue weighted by Gasteiger charge is 2.29. The zero-order valence-corrected chi connectivity index (χ0v) is 10.7. The summed E-state index contributed by atoms with van der Waals surface area (Å²) in [4.78, 5) is 0. The summed E-state index contributed by atoms with van der Waals surface area (Å²) >= 11 is 0. The highest BCUT2D eigenvalue weighted by atomic mass is 32.2. The summed E-state index contributed by atoms with van der Waals surface area (Å²) in [5, 5.41) is 0.